The summed E-state index contributed by atoms with van der Waals surface area (Å²) < 4.78 is 7.31. The molecule has 0 amide bonds. The minimum absolute atomic E-state index is 0.615. The van der Waals surface area contributed by atoms with E-state index in [0.717, 1.165) is 45.9 Å². The molecule has 6 nitrogen and oxygen atoms in total. The molecule has 3 aromatic rings. The highest BCUT2D eigenvalue weighted by Crippen LogP contribution is 2.55. The molecule has 1 N–H and O–H groups in total. The number of aromatic nitrogens is 4. The van der Waals surface area contributed by atoms with Crippen molar-refractivity contribution in [1.29, 1.82) is 0 Å². The summed E-state index contributed by atoms with van der Waals surface area (Å²) in [6, 6.07) is 4.15. The maximum absolute atomic E-state index is 5.44. The molecule has 2 aliphatic carbocycles. The van der Waals surface area contributed by atoms with Gasteiger partial charge in [0.1, 0.15) is 11.6 Å². The Hall–Kier alpha value is -2.63. The molecule has 0 aliphatic heterocycles. The zero-order chi connectivity index (χ0) is 19.4. The lowest BCUT2D eigenvalue weighted by Gasteiger charge is -2.15. The van der Waals surface area contributed by atoms with Gasteiger partial charge in [-0.05, 0) is 87.5 Å². The second kappa shape index (κ2) is 6.47. The molecule has 146 valence electrons. The van der Waals surface area contributed by atoms with Crippen molar-refractivity contribution in [2.75, 3.05) is 12.4 Å². The Bertz CT molecular complexity index is 1040. The number of hydrogen-bond donors (Lipinski definition) is 1. The van der Waals surface area contributed by atoms with Crippen LogP contribution in [-0.4, -0.2) is 26.7 Å². The summed E-state index contributed by atoms with van der Waals surface area (Å²) >= 11 is 0. The number of fused-ring (bicyclic) bond motifs is 1. The molecule has 2 heterocycles. The van der Waals surface area contributed by atoms with Gasteiger partial charge in [-0.2, -0.15) is 14.6 Å². The van der Waals surface area contributed by atoms with Gasteiger partial charge in [0.05, 0.1) is 13.3 Å². The van der Waals surface area contributed by atoms with Gasteiger partial charge in [-0.1, -0.05) is 0 Å². The fraction of sp³-hybridized carbons (Fsp3) is 0.500. The van der Waals surface area contributed by atoms with Gasteiger partial charge in [0.2, 0.25) is 5.95 Å². The lowest BCUT2D eigenvalue weighted by atomic mass is 9.91. The maximum atomic E-state index is 5.44. The normalized spacial score (nSPS) is 16.8. The van der Waals surface area contributed by atoms with E-state index in [9.17, 15) is 0 Å². The first-order chi connectivity index (χ1) is 13.5. The van der Waals surface area contributed by atoms with Crippen LogP contribution in [0.2, 0.25) is 0 Å². The molecule has 5 rings (SSSR count). The standard InChI is InChI=1S/C22H27N5O/c1-12-10-19(28-4)13(2)9-18(12)26-22-25-14(3)24-21-17(11-23-27(21)22)20(15-5-6-15)16-7-8-16/h9-11,15-16,20H,5-8H2,1-4H3,(H,24,25,26). The number of aryl methyl sites for hydroxylation is 3. The van der Waals surface area contributed by atoms with Gasteiger partial charge < -0.3 is 10.1 Å². The van der Waals surface area contributed by atoms with Crippen LogP contribution in [0.25, 0.3) is 5.65 Å². The molecule has 0 unspecified atom stereocenters. The van der Waals surface area contributed by atoms with Gasteiger partial charge in [0, 0.05) is 11.3 Å². The third-order valence-corrected chi connectivity index (χ3v) is 6.11. The van der Waals surface area contributed by atoms with Crippen molar-refractivity contribution in [3.05, 3.63) is 40.8 Å². The maximum Gasteiger partial charge on any atom is 0.232 e. The topological polar surface area (TPSA) is 64.3 Å². The Balaban J connectivity index is 1.56. The average molecular weight is 377 g/mol. The van der Waals surface area contributed by atoms with Crippen molar-refractivity contribution in [2.45, 2.75) is 52.4 Å². The molecule has 0 radical (unpaired) electrons. The van der Waals surface area contributed by atoms with Crippen LogP contribution in [0.4, 0.5) is 11.6 Å². The van der Waals surface area contributed by atoms with Crippen molar-refractivity contribution in [2.24, 2.45) is 11.8 Å². The fourth-order valence-electron chi connectivity index (χ4n) is 4.38. The summed E-state index contributed by atoms with van der Waals surface area (Å²) in [5, 5.41) is 8.17. The predicted octanol–water partition coefficient (Wildman–Crippen LogP) is 4.71. The summed E-state index contributed by atoms with van der Waals surface area (Å²) in [7, 11) is 1.70. The number of ether oxygens (including phenoxy) is 1. The molecule has 2 saturated carbocycles. The van der Waals surface area contributed by atoms with E-state index in [-0.39, 0.29) is 0 Å². The molecule has 0 atom stereocenters. The predicted molar refractivity (Wildman–Crippen MR) is 109 cm³/mol. The molecule has 0 saturated heterocycles. The van der Waals surface area contributed by atoms with E-state index in [1.54, 1.807) is 7.11 Å². The number of methoxy groups -OCH3 is 1. The summed E-state index contributed by atoms with van der Waals surface area (Å²) in [5.74, 6) is 4.63. The van der Waals surface area contributed by atoms with Crippen molar-refractivity contribution in [3.63, 3.8) is 0 Å². The lowest BCUT2D eigenvalue weighted by molar-refractivity contribution is 0.411. The highest BCUT2D eigenvalue weighted by atomic mass is 16.5. The number of anilines is 2. The molecule has 28 heavy (non-hydrogen) atoms. The highest BCUT2D eigenvalue weighted by Gasteiger charge is 2.43. The number of hydrogen-bond acceptors (Lipinski definition) is 5. The Morgan fingerprint density at radius 1 is 1.04 bits per heavy atom. The van der Waals surface area contributed by atoms with Crippen molar-refractivity contribution >= 4 is 17.3 Å². The van der Waals surface area contributed by atoms with Crippen LogP contribution < -0.4 is 10.1 Å². The van der Waals surface area contributed by atoms with Gasteiger partial charge in [0.25, 0.3) is 0 Å². The van der Waals surface area contributed by atoms with Crippen molar-refractivity contribution in [3.8, 4) is 5.75 Å². The van der Waals surface area contributed by atoms with Gasteiger partial charge in [-0.25, -0.2) is 4.98 Å². The first-order valence-corrected chi connectivity index (χ1v) is 10.2. The van der Waals surface area contributed by atoms with E-state index in [2.05, 4.69) is 28.4 Å². The van der Waals surface area contributed by atoms with Crippen molar-refractivity contribution in [1.82, 2.24) is 19.6 Å². The summed E-state index contributed by atoms with van der Waals surface area (Å²) in [6.45, 7) is 6.07. The van der Waals surface area contributed by atoms with Gasteiger partial charge in [0.15, 0.2) is 5.65 Å². The first-order valence-electron chi connectivity index (χ1n) is 10.2. The minimum atomic E-state index is 0.615. The lowest BCUT2D eigenvalue weighted by Crippen LogP contribution is -2.09. The Morgan fingerprint density at radius 3 is 2.39 bits per heavy atom. The van der Waals surface area contributed by atoms with Crippen molar-refractivity contribution < 1.29 is 4.74 Å². The number of benzene rings is 1. The first kappa shape index (κ1) is 17.5. The smallest absolute Gasteiger partial charge is 0.232 e. The largest absolute Gasteiger partial charge is 0.496 e. The van der Waals surface area contributed by atoms with E-state index in [0.29, 0.717) is 11.9 Å². The third-order valence-electron chi connectivity index (χ3n) is 6.11. The Kier molecular flexibility index (Phi) is 4.03. The molecular weight excluding hydrogens is 350 g/mol. The highest BCUT2D eigenvalue weighted by molar-refractivity contribution is 5.64. The summed E-state index contributed by atoms with van der Waals surface area (Å²) in [6.07, 6.45) is 7.41. The van der Waals surface area contributed by atoms with Crippen LogP contribution in [0.5, 0.6) is 5.75 Å². The van der Waals surface area contributed by atoms with E-state index in [4.69, 9.17) is 9.72 Å². The van der Waals surface area contributed by atoms with Crippen LogP contribution in [0.3, 0.4) is 0 Å². The summed E-state index contributed by atoms with van der Waals surface area (Å²) in [4.78, 5) is 9.43. The molecule has 2 aliphatic rings. The number of nitrogens with zero attached hydrogens (tertiary/aromatic N) is 4. The molecule has 6 heteroatoms. The van der Waals surface area contributed by atoms with Crippen LogP contribution in [0.1, 0.15) is 54.1 Å². The number of nitrogens with one attached hydrogen (secondary N) is 1. The van der Waals surface area contributed by atoms with Crippen LogP contribution in [0, 0.1) is 32.6 Å². The molecule has 1 aromatic carbocycles. The Morgan fingerprint density at radius 2 is 1.75 bits per heavy atom. The molecule has 0 spiro atoms. The second-order valence-corrected chi connectivity index (χ2v) is 8.39. The quantitative estimate of drug-likeness (QED) is 0.674. The monoisotopic (exact) mass is 377 g/mol. The molecule has 2 fully saturated rings. The second-order valence-electron chi connectivity index (χ2n) is 8.39. The van der Waals surface area contributed by atoms with E-state index >= 15 is 0 Å². The number of rotatable bonds is 6. The van der Waals surface area contributed by atoms with E-state index in [1.165, 1.54) is 31.2 Å². The SMILES string of the molecule is COc1cc(C)c(Nc2nc(C)nc3c(C(C4CC4)C4CC4)cnn23)cc1C. The summed E-state index contributed by atoms with van der Waals surface area (Å²) in [5.41, 5.74) is 5.47. The van der Waals surface area contributed by atoms with E-state index in [1.807, 2.05) is 30.6 Å². The van der Waals surface area contributed by atoms with Gasteiger partial charge in [-0.15, -0.1) is 0 Å². The minimum Gasteiger partial charge on any atom is -0.496 e. The van der Waals surface area contributed by atoms with Crippen LogP contribution in [0.15, 0.2) is 18.3 Å². The molecule has 0 bridgehead atoms. The molecular formula is C22H27N5O. The van der Waals surface area contributed by atoms with Crippen LogP contribution in [-0.2, 0) is 0 Å². The average Bonchev–Trinajstić information content (AvgIpc) is 3.58. The zero-order valence-electron chi connectivity index (χ0n) is 17.0. The molecule has 2 aromatic heterocycles. The van der Waals surface area contributed by atoms with E-state index < -0.39 is 0 Å². The Labute approximate surface area is 165 Å². The van der Waals surface area contributed by atoms with Gasteiger partial charge >= 0.3 is 0 Å². The fourth-order valence-corrected chi connectivity index (χ4v) is 4.38. The van der Waals surface area contributed by atoms with Crippen LogP contribution >= 0.6 is 0 Å². The zero-order valence-corrected chi connectivity index (χ0v) is 17.0. The van der Waals surface area contributed by atoms with Gasteiger partial charge in [-0.3, -0.25) is 0 Å². The third kappa shape index (κ3) is 3.01.